The Balaban J connectivity index is 1.44. The third-order valence-corrected chi connectivity index (χ3v) is 5.99. The second-order valence-electron chi connectivity index (χ2n) is 7.06. The molecule has 0 radical (unpaired) electrons. The summed E-state index contributed by atoms with van der Waals surface area (Å²) in [4.78, 5) is 26.0. The molecular weight excluding hydrogens is 403 g/mol. The number of thioether (sulfide) groups is 1. The van der Waals surface area contributed by atoms with Crippen LogP contribution in [0.5, 0.6) is 0 Å². The number of benzene rings is 2. The van der Waals surface area contributed by atoms with Crippen LogP contribution < -0.4 is 5.32 Å². The van der Waals surface area contributed by atoms with Crippen LogP contribution in [0.4, 0.5) is 4.39 Å². The number of hydrogen-bond acceptors (Lipinski definition) is 5. The van der Waals surface area contributed by atoms with Crippen molar-refractivity contribution in [1.82, 2.24) is 20.4 Å². The van der Waals surface area contributed by atoms with Crippen LogP contribution in [0.1, 0.15) is 12.8 Å². The molecule has 1 saturated heterocycles. The Hall–Kier alpha value is -3.00. The van der Waals surface area contributed by atoms with Gasteiger partial charge in [-0.05, 0) is 37.1 Å². The molecule has 0 aliphatic carbocycles. The van der Waals surface area contributed by atoms with Crippen molar-refractivity contribution in [2.45, 2.75) is 17.9 Å². The van der Waals surface area contributed by atoms with Crippen molar-refractivity contribution in [1.29, 1.82) is 0 Å². The van der Waals surface area contributed by atoms with E-state index in [1.807, 2.05) is 24.3 Å². The van der Waals surface area contributed by atoms with Gasteiger partial charge in [0.05, 0.1) is 12.3 Å². The van der Waals surface area contributed by atoms with E-state index in [0.717, 1.165) is 42.3 Å². The van der Waals surface area contributed by atoms with Crippen molar-refractivity contribution in [3.8, 4) is 11.3 Å². The van der Waals surface area contributed by atoms with E-state index in [0.29, 0.717) is 10.7 Å². The number of aromatic nitrogens is 2. The minimum absolute atomic E-state index is 0.0231. The fraction of sp³-hybridized carbons (Fsp3) is 0.273. The number of nitrogens with one attached hydrogen (secondary N) is 1. The Bertz CT molecular complexity index is 1070. The zero-order chi connectivity index (χ0) is 20.9. The van der Waals surface area contributed by atoms with E-state index in [2.05, 4.69) is 15.5 Å². The highest BCUT2D eigenvalue weighted by atomic mass is 32.2. The van der Waals surface area contributed by atoms with E-state index in [9.17, 15) is 14.0 Å². The van der Waals surface area contributed by atoms with Gasteiger partial charge in [0.1, 0.15) is 16.5 Å². The van der Waals surface area contributed by atoms with Crippen LogP contribution in [0, 0.1) is 5.82 Å². The maximum absolute atomic E-state index is 13.3. The number of rotatable bonds is 6. The molecule has 1 aliphatic heterocycles. The van der Waals surface area contributed by atoms with Gasteiger partial charge in [-0.2, -0.15) is 0 Å². The van der Waals surface area contributed by atoms with E-state index in [-0.39, 0.29) is 29.9 Å². The normalized spacial score (nSPS) is 13.6. The topological polar surface area (TPSA) is 75.2 Å². The SMILES string of the molecule is O=C(CSc1nnc(-c2ccc(F)cc2)c2ccccc12)NCC(=O)N1CCCC1. The molecular formula is C22H21FN4O2S. The fourth-order valence-electron chi connectivity index (χ4n) is 3.44. The van der Waals surface area contributed by atoms with Crippen molar-refractivity contribution in [2.24, 2.45) is 0 Å². The van der Waals surface area contributed by atoms with Crippen LogP contribution in [0.2, 0.25) is 0 Å². The Morgan fingerprint density at radius 3 is 2.43 bits per heavy atom. The summed E-state index contributed by atoms with van der Waals surface area (Å²) in [7, 11) is 0. The van der Waals surface area contributed by atoms with Gasteiger partial charge in [0.25, 0.3) is 0 Å². The predicted octanol–water partition coefficient (Wildman–Crippen LogP) is 3.27. The van der Waals surface area contributed by atoms with Crippen molar-refractivity contribution in [3.05, 3.63) is 54.3 Å². The standard InChI is InChI=1S/C22H21FN4O2S/c23-16-9-7-15(8-10-16)21-17-5-1-2-6-18(17)22(26-25-21)30-14-19(28)24-13-20(29)27-11-3-4-12-27/h1-2,5-10H,3-4,11-14H2,(H,24,28). The number of nitrogens with zero attached hydrogens (tertiary/aromatic N) is 3. The molecule has 0 bridgehead atoms. The van der Waals surface area contributed by atoms with E-state index >= 15 is 0 Å². The minimum atomic E-state index is -0.308. The Kier molecular flexibility index (Phi) is 6.23. The van der Waals surface area contributed by atoms with Gasteiger partial charge >= 0.3 is 0 Å². The van der Waals surface area contributed by atoms with Crippen LogP contribution in [-0.4, -0.2) is 52.3 Å². The van der Waals surface area contributed by atoms with Crippen LogP contribution in [0.15, 0.2) is 53.6 Å². The molecule has 8 heteroatoms. The third-order valence-electron chi connectivity index (χ3n) is 5.01. The lowest BCUT2D eigenvalue weighted by Gasteiger charge is -2.15. The quantitative estimate of drug-likeness (QED) is 0.615. The molecule has 3 aromatic rings. The first-order valence-electron chi connectivity index (χ1n) is 9.80. The van der Waals surface area contributed by atoms with Gasteiger partial charge < -0.3 is 10.2 Å². The maximum atomic E-state index is 13.3. The number of carbonyl (C=O) groups is 2. The smallest absolute Gasteiger partial charge is 0.241 e. The molecule has 2 amide bonds. The Labute approximate surface area is 177 Å². The zero-order valence-corrected chi connectivity index (χ0v) is 17.1. The molecule has 0 unspecified atom stereocenters. The summed E-state index contributed by atoms with van der Waals surface area (Å²) < 4.78 is 13.3. The molecule has 2 heterocycles. The van der Waals surface area contributed by atoms with Gasteiger partial charge in [0.2, 0.25) is 11.8 Å². The van der Waals surface area contributed by atoms with Crippen LogP contribution in [-0.2, 0) is 9.59 Å². The molecule has 1 N–H and O–H groups in total. The highest BCUT2D eigenvalue weighted by Gasteiger charge is 2.18. The molecule has 0 atom stereocenters. The third kappa shape index (κ3) is 4.59. The van der Waals surface area contributed by atoms with Crippen molar-refractivity contribution in [3.63, 3.8) is 0 Å². The maximum Gasteiger partial charge on any atom is 0.241 e. The van der Waals surface area contributed by atoms with Crippen molar-refractivity contribution in [2.75, 3.05) is 25.4 Å². The van der Waals surface area contributed by atoms with Crippen LogP contribution in [0.3, 0.4) is 0 Å². The monoisotopic (exact) mass is 424 g/mol. The lowest BCUT2D eigenvalue weighted by atomic mass is 10.1. The van der Waals surface area contributed by atoms with Crippen LogP contribution in [0.25, 0.3) is 22.0 Å². The van der Waals surface area contributed by atoms with E-state index in [1.54, 1.807) is 17.0 Å². The molecule has 30 heavy (non-hydrogen) atoms. The number of fused-ring (bicyclic) bond motifs is 1. The van der Waals surface area contributed by atoms with Gasteiger partial charge in [0.15, 0.2) is 0 Å². The number of hydrogen-bond donors (Lipinski definition) is 1. The van der Waals surface area contributed by atoms with Crippen molar-refractivity contribution >= 4 is 34.3 Å². The van der Waals surface area contributed by atoms with Gasteiger partial charge in [-0.1, -0.05) is 36.0 Å². The first-order chi connectivity index (χ1) is 14.6. The summed E-state index contributed by atoms with van der Waals surface area (Å²) >= 11 is 1.28. The summed E-state index contributed by atoms with van der Waals surface area (Å²) in [5.41, 5.74) is 1.44. The minimum Gasteiger partial charge on any atom is -0.346 e. The molecule has 1 aromatic heterocycles. The average molecular weight is 425 g/mol. The lowest BCUT2D eigenvalue weighted by molar-refractivity contribution is -0.131. The summed E-state index contributed by atoms with van der Waals surface area (Å²) in [6, 6.07) is 13.8. The molecule has 4 rings (SSSR count). The number of likely N-dealkylation sites (tertiary alicyclic amines) is 1. The van der Waals surface area contributed by atoms with E-state index < -0.39 is 0 Å². The van der Waals surface area contributed by atoms with Gasteiger partial charge in [0, 0.05) is 29.4 Å². The molecule has 1 fully saturated rings. The molecule has 0 saturated carbocycles. The lowest BCUT2D eigenvalue weighted by Crippen LogP contribution is -2.39. The fourth-order valence-corrected chi connectivity index (χ4v) is 4.25. The number of amides is 2. The second-order valence-corrected chi connectivity index (χ2v) is 8.02. The van der Waals surface area contributed by atoms with E-state index in [1.165, 1.54) is 23.9 Å². The van der Waals surface area contributed by atoms with Gasteiger partial charge in [-0.3, -0.25) is 9.59 Å². The zero-order valence-electron chi connectivity index (χ0n) is 16.3. The Morgan fingerprint density at radius 2 is 1.70 bits per heavy atom. The number of halogens is 1. The Morgan fingerprint density at radius 1 is 1.00 bits per heavy atom. The summed E-state index contributed by atoms with van der Waals surface area (Å²) in [5.74, 6) is -0.430. The first kappa shape index (κ1) is 20.3. The number of carbonyl (C=O) groups excluding carboxylic acids is 2. The highest BCUT2D eigenvalue weighted by molar-refractivity contribution is 8.00. The summed E-state index contributed by atoms with van der Waals surface area (Å²) in [6.45, 7) is 1.56. The molecule has 6 nitrogen and oxygen atoms in total. The molecule has 0 spiro atoms. The van der Waals surface area contributed by atoms with E-state index in [4.69, 9.17) is 0 Å². The molecule has 1 aliphatic rings. The van der Waals surface area contributed by atoms with Gasteiger partial charge in [-0.25, -0.2) is 4.39 Å². The molecule has 2 aromatic carbocycles. The van der Waals surface area contributed by atoms with Gasteiger partial charge in [-0.15, -0.1) is 10.2 Å². The highest BCUT2D eigenvalue weighted by Crippen LogP contribution is 2.31. The predicted molar refractivity (Wildman–Crippen MR) is 114 cm³/mol. The largest absolute Gasteiger partial charge is 0.346 e. The van der Waals surface area contributed by atoms with Crippen LogP contribution >= 0.6 is 11.8 Å². The summed E-state index contributed by atoms with van der Waals surface area (Å²) in [6.07, 6.45) is 2.05. The summed E-state index contributed by atoms with van der Waals surface area (Å²) in [5, 5.41) is 13.7. The second kappa shape index (κ2) is 9.21. The first-order valence-corrected chi connectivity index (χ1v) is 10.8. The molecule has 154 valence electrons. The average Bonchev–Trinajstić information content (AvgIpc) is 3.31. The van der Waals surface area contributed by atoms with Crippen molar-refractivity contribution < 1.29 is 14.0 Å².